The van der Waals surface area contributed by atoms with Gasteiger partial charge < -0.3 is 4.42 Å². The molecule has 0 N–H and O–H groups in total. The maximum atomic E-state index is 6.25. The van der Waals surface area contributed by atoms with Crippen LogP contribution in [0.1, 0.15) is 31.0 Å². The van der Waals surface area contributed by atoms with Crippen LogP contribution in [0.3, 0.4) is 0 Å². The molecule has 9 heteroatoms. The Morgan fingerprint density at radius 1 is 0.875 bits per heavy atom. The number of aromatic nitrogens is 5. The fourth-order valence-corrected chi connectivity index (χ4v) is 4.86. The Bertz CT molecular complexity index is 1170. The highest BCUT2D eigenvalue weighted by Gasteiger charge is 2.20. The minimum absolute atomic E-state index is 0.418. The topological polar surface area (TPSA) is 72.9 Å². The monoisotopic (exact) mass is 466 g/mol. The number of benzene rings is 2. The molecule has 0 unspecified atom stereocenters. The number of piperidine rings is 1. The van der Waals surface area contributed by atoms with Gasteiger partial charge in [0, 0.05) is 5.69 Å². The number of thioether (sulfide) groups is 1. The molecule has 0 aliphatic carbocycles. The van der Waals surface area contributed by atoms with Crippen LogP contribution in [0.4, 0.5) is 0 Å². The van der Waals surface area contributed by atoms with Crippen LogP contribution in [-0.4, -0.2) is 43.0 Å². The molecule has 0 bridgehead atoms. The van der Waals surface area contributed by atoms with Gasteiger partial charge in [0.1, 0.15) is 0 Å². The van der Waals surface area contributed by atoms with E-state index in [1.165, 1.54) is 31.0 Å². The van der Waals surface area contributed by atoms with Crippen molar-refractivity contribution in [3.8, 4) is 17.1 Å². The molecule has 1 fully saturated rings. The van der Waals surface area contributed by atoms with E-state index < -0.39 is 0 Å². The van der Waals surface area contributed by atoms with Crippen molar-refractivity contribution in [2.45, 2.75) is 36.7 Å². The lowest BCUT2D eigenvalue weighted by Crippen LogP contribution is -2.30. The highest BCUT2D eigenvalue weighted by atomic mass is 35.5. The summed E-state index contributed by atoms with van der Waals surface area (Å²) in [4.78, 5) is 2.45. The van der Waals surface area contributed by atoms with Gasteiger partial charge in [-0.25, -0.2) is 0 Å². The van der Waals surface area contributed by atoms with Crippen molar-refractivity contribution < 1.29 is 4.42 Å². The molecular formula is C23H23ClN6OS. The standard InChI is InChI=1S/C23H23ClN6OS/c24-19-12-6-5-11-18(19)22-27-26-21(31-22)16-32-23-28-25-20(15-29-13-7-2-8-14-29)30(23)17-9-3-1-4-10-17/h1,3-6,9-12H,2,7-8,13-16H2. The van der Waals surface area contributed by atoms with Crippen LogP contribution in [0.15, 0.2) is 64.2 Å². The Kier molecular flexibility index (Phi) is 6.52. The van der Waals surface area contributed by atoms with Crippen molar-refractivity contribution in [3.05, 3.63) is 71.3 Å². The Balaban J connectivity index is 1.36. The highest BCUT2D eigenvalue weighted by Crippen LogP contribution is 2.29. The zero-order chi connectivity index (χ0) is 21.8. The second kappa shape index (κ2) is 9.85. The van der Waals surface area contributed by atoms with Crippen molar-refractivity contribution >= 4 is 23.4 Å². The Labute approximate surface area is 195 Å². The van der Waals surface area contributed by atoms with Crippen LogP contribution < -0.4 is 0 Å². The largest absolute Gasteiger partial charge is 0.420 e. The molecule has 0 saturated carbocycles. The summed E-state index contributed by atoms with van der Waals surface area (Å²) in [7, 11) is 0. The van der Waals surface area contributed by atoms with Gasteiger partial charge in [0.25, 0.3) is 0 Å². The molecule has 7 nitrogen and oxygen atoms in total. The summed E-state index contributed by atoms with van der Waals surface area (Å²) in [5, 5.41) is 18.8. The van der Waals surface area contributed by atoms with Crippen molar-refractivity contribution in [1.29, 1.82) is 0 Å². The van der Waals surface area contributed by atoms with Crippen LogP contribution in [0.5, 0.6) is 0 Å². The van der Waals surface area contributed by atoms with Gasteiger partial charge in [-0.1, -0.05) is 60.1 Å². The Hall–Kier alpha value is -2.68. The van der Waals surface area contributed by atoms with Crippen LogP contribution in [0.2, 0.25) is 5.02 Å². The predicted molar refractivity (Wildman–Crippen MR) is 125 cm³/mol. The summed E-state index contributed by atoms with van der Waals surface area (Å²) in [5.74, 6) is 2.38. The SMILES string of the molecule is Clc1ccccc1-c1nnc(CSc2nnc(CN3CCCCC3)n2-c2ccccc2)o1. The van der Waals surface area contributed by atoms with Crippen molar-refractivity contribution in [2.75, 3.05) is 13.1 Å². The molecule has 0 spiro atoms. The second-order valence-corrected chi connectivity index (χ2v) is 9.03. The summed E-state index contributed by atoms with van der Waals surface area (Å²) in [6, 6.07) is 17.7. The number of halogens is 1. The molecule has 2 aromatic carbocycles. The number of hydrogen-bond donors (Lipinski definition) is 0. The van der Waals surface area contributed by atoms with E-state index in [9.17, 15) is 0 Å². The lowest BCUT2D eigenvalue weighted by molar-refractivity contribution is 0.214. The number of rotatable bonds is 7. The third-order valence-electron chi connectivity index (χ3n) is 5.42. The van der Waals surface area contributed by atoms with Crippen molar-refractivity contribution in [2.24, 2.45) is 0 Å². The van der Waals surface area contributed by atoms with E-state index in [0.29, 0.717) is 22.6 Å². The zero-order valence-corrected chi connectivity index (χ0v) is 19.1. The second-order valence-electron chi connectivity index (χ2n) is 7.68. The maximum absolute atomic E-state index is 6.25. The lowest BCUT2D eigenvalue weighted by Gasteiger charge is -2.26. The van der Waals surface area contributed by atoms with E-state index in [0.717, 1.165) is 41.9 Å². The molecule has 5 rings (SSSR count). The molecule has 1 aliphatic heterocycles. The first-order chi connectivity index (χ1) is 15.8. The molecule has 32 heavy (non-hydrogen) atoms. The number of likely N-dealkylation sites (tertiary alicyclic amines) is 1. The molecule has 0 radical (unpaired) electrons. The van der Waals surface area contributed by atoms with E-state index >= 15 is 0 Å². The predicted octanol–water partition coefficient (Wildman–Crippen LogP) is 5.25. The van der Waals surface area contributed by atoms with E-state index in [2.05, 4.69) is 42.0 Å². The normalized spacial score (nSPS) is 14.7. The zero-order valence-electron chi connectivity index (χ0n) is 17.5. The van der Waals surface area contributed by atoms with Gasteiger partial charge in [-0.2, -0.15) is 0 Å². The van der Waals surface area contributed by atoms with Crippen LogP contribution in [-0.2, 0) is 12.3 Å². The summed E-state index contributed by atoms with van der Waals surface area (Å²) in [6.45, 7) is 3.01. The van der Waals surface area contributed by atoms with Gasteiger partial charge in [-0.3, -0.25) is 9.47 Å². The van der Waals surface area contributed by atoms with Crippen LogP contribution in [0, 0.1) is 0 Å². The first-order valence-electron chi connectivity index (χ1n) is 10.7. The van der Waals surface area contributed by atoms with E-state index in [1.54, 1.807) is 0 Å². The molecule has 1 saturated heterocycles. The number of nitrogens with zero attached hydrogens (tertiary/aromatic N) is 6. The fraction of sp³-hybridized carbons (Fsp3) is 0.304. The minimum atomic E-state index is 0.418. The smallest absolute Gasteiger partial charge is 0.249 e. The highest BCUT2D eigenvalue weighted by molar-refractivity contribution is 7.98. The van der Waals surface area contributed by atoms with E-state index in [1.807, 2.05) is 42.5 Å². The third-order valence-corrected chi connectivity index (χ3v) is 6.67. The van der Waals surface area contributed by atoms with Gasteiger partial charge in [-0.05, 0) is 50.2 Å². The quantitative estimate of drug-likeness (QED) is 0.344. The molecule has 4 aromatic rings. The Morgan fingerprint density at radius 2 is 1.66 bits per heavy atom. The summed E-state index contributed by atoms with van der Waals surface area (Å²) in [6.07, 6.45) is 3.79. The fourth-order valence-electron chi connectivity index (χ4n) is 3.83. The van der Waals surface area contributed by atoms with Crippen molar-refractivity contribution in [1.82, 2.24) is 29.9 Å². The van der Waals surface area contributed by atoms with Crippen molar-refractivity contribution in [3.63, 3.8) is 0 Å². The molecule has 1 aliphatic rings. The summed E-state index contributed by atoms with van der Waals surface area (Å²) < 4.78 is 7.98. The summed E-state index contributed by atoms with van der Waals surface area (Å²) >= 11 is 7.79. The van der Waals surface area contributed by atoms with E-state index in [-0.39, 0.29) is 0 Å². The van der Waals surface area contributed by atoms with Crippen LogP contribution >= 0.6 is 23.4 Å². The molecule has 164 valence electrons. The first-order valence-corrected chi connectivity index (χ1v) is 12.1. The van der Waals surface area contributed by atoms with E-state index in [4.69, 9.17) is 16.0 Å². The number of hydrogen-bond acceptors (Lipinski definition) is 7. The Morgan fingerprint density at radius 3 is 2.47 bits per heavy atom. The van der Waals surface area contributed by atoms with Gasteiger partial charge in [0.15, 0.2) is 11.0 Å². The van der Waals surface area contributed by atoms with Gasteiger partial charge in [0.2, 0.25) is 11.8 Å². The molecule has 0 amide bonds. The van der Waals surface area contributed by atoms with Crippen LogP contribution in [0.25, 0.3) is 17.1 Å². The lowest BCUT2D eigenvalue weighted by atomic mass is 10.1. The summed E-state index contributed by atoms with van der Waals surface area (Å²) in [5.41, 5.74) is 1.78. The molecule has 2 aromatic heterocycles. The van der Waals surface area contributed by atoms with Gasteiger partial charge >= 0.3 is 0 Å². The van der Waals surface area contributed by atoms with Gasteiger partial charge in [0.05, 0.1) is 22.9 Å². The third kappa shape index (κ3) is 4.72. The average Bonchev–Trinajstić information content (AvgIpc) is 3.46. The van der Waals surface area contributed by atoms with Gasteiger partial charge in [-0.15, -0.1) is 20.4 Å². The number of para-hydroxylation sites is 1. The first kappa shape index (κ1) is 21.2. The minimum Gasteiger partial charge on any atom is -0.420 e. The maximum Gasteiger partial charge on any atom is 0.249 e. The average molecular weight is 467 g/mol. The molecule has 3 heterocycles. The molecular weight excluding hydrogens is 444 g/mol. The molecule has 0 atom stereocenters.